The van der Waals surface area contributed by atoms with Gasteiger partial charge < -0.3 is 14.9 Å². The third kappa shape index (κ3) is 3.06. The molecular weight excluding hydrogens is 311 g/mol. The van der Waals surface area contributed by atoms with Crippen LogP contribution in [-0.2, 0) is 9.59 Å². The number of ketones is 1. The zero-order chi connectivity index (χ0) is 17.3. The van der Waals surface area contributed by atoms with Crippen LogP contribution in [0.25, 0.3) is 0 Å². The maximum Gasteiger partial charge on any atom is 0.290 e. The van der Waals surface area contributed by atoms with Crippen molar-refractivity contribution in [2.24, 2.45) is 0 Å². The molecule has 1 saturated heterocycles. The van der Waals surface area contributed by atoms with Gasteiger partial charge >= 0.3 is 0 Å². The van der Waals surface area contributed by atoms with Crippen LogP contribution in [0.5, 0.6) is 0 Å². The molecule has 1 unspecified atom stereocenters. The molecule has 1 amide bonds. The van der Waals surface area contributed by atoms with E-state index in [0.29, 0.717) is 18.7 Å². The number of hydrogen-bond donors (Lipinski definition) is 1. The van der Waals surface area contributed by atoms with Gasteiger partial charge in [0, 0.05) is 13.1 Å². The van der Waals surface area contributed by atoms with Gasteiger partial charge in [-0.15, -0.1) is 0 Å². The Kier molecular flexibility index (Phi) is 4.66. The minimum atomic E-state index is -0.654. The molecule has 1 atom stereocenters. The first-order chi connectivity index (χ1) is 11.5. The molecule has 3 rings (SSSR count). The molecule has 6 heteroatoms. The van der Waals surface area contributed by atoms with E-state index in [2.05, 4.69) is 4.90 Å². The summed E-state index contributed by atoms with van der Waals surface area (Å²) in [5.41, 5.74) is 0.716. The number of nitrogens with zero attached hydrogens (tertiary/aromatic N) is 2. The van der Waals surface area contributed by atoms with Crippen LogP contribution in [0.3, 0.4) is 0 Å². The lowest BCUT2D eigenvalue weighted by atomic mass is 9.97. The van der Waals surface area contributed by atoms with Crippen LogP contribution in [0.15, 0.2) is 35.6 Å². The second-order valence-corrected chi connectivity index (χ2v) is 6.32. The van der Waals surface area contributed by atoms with Crippen LogP contribution in [0.4, 0.5) is 4.39 Å². The van der Waals surface area contributed by atoms with Gasteiger partial charge in [-0.05, 0) is 50.6 Å². The standard InChI is InChI=1S/C18H21FN2O3/c1-12(22)15-16(13-4-6-14(19)7-5-13)21(18(24)17(15)23)11-10-20-8-2-3-9-20/h4-7,16,23H,2-3,8-11H2,1H3. The molecule has 0 aliphatic carbocycles. The van der Waals surface area contributed by atoms with Gasteiger partial charge in [-0.3, -0.25) is 9.59 Å². The predicted molar refractivity (Wildman–Crippen MR) is 86.9 cm³/mol. The van der Waals surface area contributed by atoms with Crippen LogP contribution in [0.2, 0.25) is 0 Å². The highest BCUT2D eigenvalue weighted by molar-refractivity contribution is 6.08. The summed E-state index contributed by atoms with van der Waals surface area (Å²) in [6.45, 7) is 4.45. The van der Waals surface area contributed by atoms with E-state index >= 15 is 0 Å². The number of likely N-dealkylation sites (tertiary alicyclic amines) is 1. The molecule has 1 aromatic rings. The van der Waals surface area contributed by atoms with E-state index in [0.717, 1.165) is 25.9 Å². The van der Waals surface area contributed by atoms with Gasteiger partial charge in [0.1, 0.15) is 5.82 Å². The van der Waals surface area contributed by atoms with Crippen molar-refractivity contribution in [1.82, 2.24) is 9.80 Å². The minimum absolute atomic E-state index is 0.0908. The third-order valence-electron chi connectivity index (χ3n) is 4.72. The summed E-state index contributed by atoms with van der Waals surface area (Å²) in [6, 6.07) is 5.05. The summed E-state index contributed by atoms with van der Waals surface area (Å²) in [6.07, 6.45) is 2.30. The van der Waals surface area contributed by atoms with Crippen LogP contribution in [0, 0.1) is 5.82 Å². The van der Waals surface area contributed by atoms with Crippen molar-refractivity contribution in [3.8, 4) is 0 Å². The number of amides is 1. The molecule has 1 fully saturated rings. The van der Waals surface area contributed by atoms with Gasteiger partial charge in [0.05, 0.1) is 11.6 Å². The number of carbonyl (C=O) groups excluding carboxylic acids is 2. The zero-order valence-corrected chi connectivity index (χ0v) is 13.7. The van der Waals surface area contributed by atoms with Crippen LogP contribution >= 0.6 is 0 Å². The first kappa shape index (κ1) is 16.6. The highest BCUT2D eigenvalue weighted by Gasteiger charge is 2.42. The van der Waals surface area contributed by atoms with Gasteiger partial charge in [-0.2, -0.15) is 0 Å². The number of rotatable bonds is 5. The average Bonchev–Trinajstić information content (AvgIpc) is 3.14. The van der Waals surface area contributed by atoms with Gasteiger partial charge in [-0.1, -0.05) is 12.1 Å². The molecule has 5 nitrogen and oxygen atoms in total. The number of halogens is 1. The molecule has 1 aromatic carbocycles. The van der Waals surface area contributed by atoms with Gasteiger partial charge in [0.25, 0.3) is 5.91 Å². The molecule has 0 spiro atoms. The fourth-order valence-electron chi connectivity index (χ4n) is 3.49. The minimum Gasteiger partial charge on any atom is -0.503 e. The van der Waals surface area contributed by atoms with Crippen molar-refractivity contribution < 1.29 is 19.1 Å². The Labute approximate surface area is 140 Å². The normalized spacial score (nSPS) is 21.8. The van der Waals surface area contributed by atoms with E-state index in [9.17, 15) is 19.1 Å². The third-order valence-corrected chi connectivity index (χ3v) is 4.72. The lowest BCUT2D eigenvalue weighted by Crippen LogP contribution is -2.37. The second-order valence-electron chi connectivity index (χ2n) is 6.32. The quantitative estimate of drug-likeness (QED) is 0.898. The fraction of sp³-hybridized carbons (Fsp3) is 0.444. The largest absolute Gasteiger partial charge is 0.503 e. The maximum atomic E-state index is 13.2. The smallest absolute Gasteiger partial charge is 0.290 e. The Morgan fingerprint density at radius 3 is 2.42 bits per heavy atom. The Hall–Kier alpha value is -2.21. The summed E-state index contributed by atoms with van der Waals surface area (Å²) in [4.78, 5) is 28.2. The zero-order valence-electron chi connectivity index (χ0n) is 13.7. The molecule has 24 heavy (non-hydrogen) atoms. The Bertz CT molecular complexity index is 678. The monoisotopic (exact) mass is 332 g/mol. The maximum absolute atomic E-state index is 13.2. The van der Waals surface area contributed by atoms with Crippen LogP contribution < -0.4 is 0 Å². The van der Waals surface area contributed by atoms with Crippen molar-refractivity contribution in [1.29, 1.82) is 0 Å². The van der Waals surface area contributed by atoms with E-state index in [1.807, 2.05) is 0 Å². The molecule has 2 heterocycles. The van der Waals surface area contributed by atoms with E-state index in [1.54, 1.807) is 12.1 Å². The summed E-state index contributed by atoms with van der Waals surface area (Å²) in [7, 11) is 0. The Balaban J connectivity index is 1.89. The Morgan fingerprint density at radius 1 is 1.21 bits per heavy atom. The van der Waals surface area contributed by atoms with Crippen LogP contribution in [-0.4, -0.2) is 52.8 Å². The van der Waals surface area contributed by atoms with Crippen molar-refractivity contribution in [3.05, 3.63) is 47.0 Å². The molecule has 2 aliphatic rings. The van der Waals surface area contributed by atoms with Crippen LogP contribution in [0.1, 0.15) is 31.4 Å². The van der Waals surface area contributed by atoms with Crippen molar-refractivity contribution in [2.75, 3.05) is 26.2 Å². The second kappa shape index (κ2) is 6.73. The molecule has 0 radical (unpaired) electrons. The van der Waals surface area contributed by atoms with Gasteiger partial charge in [-0.25, -0.2) is 4.39 Å². The molecule has 0 saturated carbocycles. The summed E-state index contributed by atoms with van der Waals surface area (Å²) >= 11 is 0. The predicted octanol–water partition coefficient (Wildman–Crippen LogP) is 2.21. The highest BCUT2D eigenvalue weighted by Crippen LogP contribution is 2.37. The summed E-state index contributed by atoms with van der Waals surface area (Å²) in [5, 5.41) is 10.2. The lowest BCUT2D eigenvalue weighted by Gasteiger charge is -2.28. The van der Waals surface area contributed by atoms with E-state index in [4.69, 9.17) is 0 Å². The molecular formula is C18H21FN2O3. The number of carbonyl (C=O) groups is 2. The average molecular weight is 332 g/mol. The van der Waals surface area contributed by atoms with E-state index in [1.165, 1.54) is 24.0 Å². The number of aliphatic hydroxyl groups is 1. The first-order valence-electron chi connectivity index (χ1n) is 8.22. The molecule has 0 aromatic heterocycles. The first-order valence-corrected chi connectivity index (χ1v) is 8.22. The molecule has 1 N–H and O–H groups in total. The summed E-state index contributed by atoms with van der Waals surface area (Å²) < 4.78 is 13.2. The number of benzene rings is 1. The number of Topliss-reactive ketones (excluding diaryl/α,β-unsaturated/α-hetero) is 1. The topological polar surface area (TPSA) is 60.9 Å². The SMILES string of the molecule is CC(=O)C1=C(O)C(=O)N(CCN2CCCC2)C1c1ccc(F)cc1. The van der Waals surface area contributed by atoms with Crippen molar-refractivity contribution in [3.63, 3.8) is 0 Å². The van der Waals surface area contributed by atoms with Crippen molar-refractivity contribution in [2.45, 2.75) is 25.8 Å². The summed E-state index contributed by atoms with van der Waals surface area (Å²) in [5.74, 6) is -1.75. The molecule has 0 bridgehead atoms. The van der Waals surface area contributed by atoms with Crippen molar-refractivity contribution >= 4 is 11.7 Å². The molecule has 128 valence electrons. The van der Waals surface area contributed by atoms with Gasteiger partial charge in [0.2, 0.25) is 0 Å². The lowest BCUT2D eigenvalue weighted by molar-refractivity contribution is -0.129. The van der Waals surface area contributed by atoms with E-state index < -0.39 is 17.7 Å². The Morgan fingerprint density at radius 2 is 1.83 bits per heavy atom. The number of aliphatic hydroxyl groups excluding tert-OH is 1. The van der Waals surface area contributed by atoms with Gasteiger partial charge in [0.15, 0.2) is 11.5 Å². The highest BCUT2D eigenvalue weighted by atomic mass is 19.1. The fourth-order valence-corrected chi connectivity index (χ4v) is 3.49. The number of hydrogen-bond acceptors (Lipinski definition) is 4. The molecule has 2 aliphatic heterocycles. The van der Waals surface area contributed by atoms with E-state index in [-0.39, 0.29) is 17.2 Å².